The van der Waals surface area contributed by atoms with Crippen LogP contribution in [-0.2, 0) is 11.8 Å². The highest BCUT2D eigenvalue weighted by Gasteiger charge is 2.21. The van der Waals surface area contributed by atoms with Crippen LogP contribution < -0.4 is 10.1 Å². The van der Waals surface area contributed by atoms with Crippen molar-refractivity contribution in [3.05, 3.63) is 17.5 Å². The number of carbonyl (C=O) groups excluding carboxylic acids is 1. The molecule has 1 amide bonds. The number of ether oxygens (including phenoxy) is 1. The van der Waals surface area contributed by atoms with Crippen molar-refractivity contribution in [1.29, 1.82) is 0 Å². The standard InChI is InChI=1S/C13H15ClN4O2/c1-18-7-16-9-5-10(14)17-13(12(9)18)20-3-2-8-4-11(19)15-6-8/h5,7-8H,2-4,6H2,1H3,(H,15,19)/t8-/m1/s1. The van der Waals surface area contributed by atoms with Crippen LogP contribution in [0, 0.1) is 5.92 Å². The number of amides is 1. The second-order valence-electron chi connectivity index (χ2n) is 4.98. The fourth-order valence-corrected chi connectivity index (χ4v) is 2.58. The maximum atomic E-state index is 11.1. The molecular weight excluding hydrogens is 280 g/mol. The zero-order valence-corrected chi connectivity index (χ0v) is 11.9. The van der Waals surface area contributed by atoms with E-state index in [1.807, 2.05) is 11.6 Å². The van der Waals surface area contributed by atoms with Crippen LogP contribution in [-0.4, -0.2) is 33.6 Å². The molecule has 106 valence electrons. The van der Waals surface area contributed by atoms with E-state index in [1.165, 1.54) is 0 Å². The highest BCUT2D eigenvalue weighted by Crippen LogP contribution is 2.26. The van der Waals surface area contributed by atoms with E-state index in [4.69, 9.17) is 16.3 Å². The number of fused-ring (bicyclic) bond motifs is 1. The summed E-state index contributed by atoms with van der Waals surface area (Å²) in [5.41, 5.74) is 1.59. The van der Waals surface area contributed by atoms with E-state index in [2.05, 4.69) is 15.3 Å². The molecule has 20 heavy (non-hydrogen) atoms. The third-order valence-electron chi connectivity index (χ3n) is 3.46. The van der Waals surface area contributed by atoms with Crippen molar-refractivity contribution in [3.8, 4) is 5.88 Å². The van der Waals surface area contributed by atoms with Crippen molar-refractivity contribution >= 4 is 28.5 Å². The first-order chi connectivity index (χ1) is 9.63. The summed E-state index contributed by atoms with van der Waals surface area (Å²) in [5.74, 6) is 0.943. The Morgan fingerprint density at radius 3 is 3.20 bits per heavy atom. The van der Waals surface area contributed by atoms with Crippen LogP contribution in [0.5, 0.6) is 5.88 Å². The highest BCUT2D eigenvalue weighted by atomic mass is 35.5. The molecule has 0 saturated carbocycles. The van der Waals surface area contributed by atoms with Gasteiger partial charge in [-0.25, -0.2) is 4.98 Å². The Labute approximate surface area is 121 Å². The fraction of sp³-hybridized carbons (Fsp3) is 0.462. The molecule has 7 heteroatoms. The van der Waals surface area contributed by atoms with Gasteiger partial charge in [0, 0.05) is 26.1 Å². The van der Waals surface area contributed by atoms with Gasteiger partial charge in [-0.05, 0) is 12.3 Å². The molecule has 1 atom stereocenters. The van der Waals surface area contributed by atoms with Gasteiger partial charge < -0.3 is 14.6 Å². The average molecular weight is 295 g/mol. The van der Waals surface area contributed by atoms with Crippen molar-refractivity contribution in [2.45, 2.75) is 12.8 Å². The van der Waals surface area contributed by atoms with Crippen LogP contribution in [0.1, 0.15) is 12.8 Å². The predicted molar refractivity (Wildman–Crippen MR) is 74.7 cm³/mol. The van der Waals surface area contributed by atoms with Gasteiger partial charge in [0.2, 0.25) is 11.8 Å². The van der Waals surface area contributed by atoms with E-state index in [9.17, 15) is 4.79 Å². The van der Waals surface area contributed by atoms with E-state index < -0.39 is 0 Å². The largest absolute Gasteiger partial charge is 0.476 e. The van der Waals surface area contributed by atoms with Crippen LogP contribution in [0.3, 0.4) is 0 Å². The van der Waals surface area contributed by atoms with E-state index in [0.717, 1.165) is 24.0 Å². The monoisotopic (exact) mass is 294 g/mol. The van der Waals surface area contributed by atoms with E-state index in [1.54, 1.807) is 12.4 Å². The Morgan fingerprint density at radius 2 is 2.45 bits per heavy atom. The van der Waals surface area contributed by atoms with Gasteiger partial charge >= 0.3 is 0 Å². The van der Waals surface area contributed by atoms with Crippen LogP contribution in [0.2, 0.25) is 5.15 Å². The second-order valence-corrected chi connectivity index (χ2v) is 5.37. The van der Waals surface area contributed by atoms with E-state index in [0.29, 0.717) is 30.0 Å². The van der Waals surface area contributed by atoms with Crippen molar-refractivity contribution in [2.75, 3.05) is 13.2 Å². The van der Waals surface area contributed by atoms with Gasteiger partial charge in [-0.3, -0.25) is 4.79 Å². The summed E-state index contributed by atoms with van der Waals surface area (Å²) in [4.78, 5) is 19.6. The molecule has 1 aliphatic rings. The number of hydrogen-bond donors (Lipinski definition) is 1. The average Bonchev–Trinajstić information content (AvgIpc) is 2.96. The summed E-state index contributed by atoms with van der Waals surface area (Å²) in [6.45, 7) is 1.24. The normalized spacial score (nSPS) is 18.5. The molecular formula is C13H15ClN4O2. The number of nitrogens with one attached hydrogen (secondary N) is 1. The summed E-state index contributed by atoms with van der Waals surface area (Å²) in [5, 5.41) is 3.18. The number of aryl methyl sites for hydroxylation is 1. The highest BCUT2D eigenvalue weighted by molar-refractivity contribution is 6.30. The number of hydrogen-bond acceptors (Lipinski definition) is 4. The third kappa shape index (κ3) is 2.56. The molecule has 1 fully saturated rings. The lowest BCUT2D eigenvalue weighted by Crippen LogP contribution is -2.14. The summed E-state index contributed by atoms with van der Waals surface area (Å²) in [6.07, 6.45) is 3.09. The minimum Gasteiger partial charge on any atom is -0.476 e. The van der Waals surface area contributed by atoms with E-state index in [-0.39, 0.29) is 5.91 Å². The fourth-order valence-electron chi connectivity index (χ4n) is 2.40. The van der Waals surface area contributed by atoms with Gasteiger partial charge in [-0.1, -0.05) is 11.6 Å². The Bertz CT molecular complexity index is 655. The van der Waals surface area contributed by atoms with Crippen LogP contribution in [0.4, 0.5) is 0 Å². The number of pyridine rings is 1. The number of nitrogens with zero attached hydrogens (tertiary/aromatic N) is 3. The van der Waals surface area contributed by atoms with Crippen molar-refractivity contribution in [1.82, 2.24) is 19.9 Å². The Morgan fingerprint density at radius 1 is 1.60 bits per heavy atom. The summed E-state index contributed by atoms with van der Waals surface area (Å²) in [6, 6.07) is 1.71. The number of halogens is 1. The molecule has 2 aromatic rings. The van der Waals surface area contributed by atoms with Crippen LogP contribution >= 0.6 is 11.6 Å². The molecule has 0 aliphatic carbocycles. The Kier molecular flexibility index (Phi) is 3.48. The molecule has 0 bridgehead atoms. The van der Waals surface area contributed by atoms with Crippen LogP contribution in [0.15, 0.2) is 12.4 Å². The lowest BCUT2D eigenvalue weighted by Gasteiger charge is -2.10. The maximum Gasteiger partial charge on any atom is 0.241 e. The quantitative estimate of drug-likeness (QED) is 0.868. The van der Waals surface area contributed by atoms with Crippen molar-refractivity contribution in [2.24, 2.45) is 13.0 Å². The topological polar surface area (TPSA) is 69.0 Å². The minimum absolute atomic E-state index is 0.116. The predicted octanol–water partition coefficient (Wildman–Crippen LogP) is 1.53. The summed E-state index contributed by atoms with van der Waals surface area (Å²) < 4.78 is 7.60. The van der Waals surface area contributed by atoms with Gasteiger partial charge in [0.05, 0.1) is 18.5 Å². The molecule has 6 nitrogen and oxygen atoms in total. The first kappa shape index (κ1) is 13.2. The number of carbonyl (C=O) groups is 1. The van der Waals surface area contributed by atoms with Crippen LogP contribution in [0.25, 0.3) is 11.0 Å². The molecule has 2 aromatic heterocycles. The third-order valence-corrected chi connectivity index (χ3v) is 3.65. The lowest BCUT2D eigenvalue weighted by atomic mass is 10.1. The number of rotatable bonds is 4. The van der Waals surface area contributed by atoms with Gasteiger partial charge in [0.1, 0.15) is 10.7 Å². The second kappa shape index (κ2) is 5.28. The van der Waals surface area contributed by atoms with Crippen molar-refractivity contribution in [3.63, 3.8) is 0 Å². The summed E-state index contributed by atoms with van der Waals surface area (Å²) >= 11 is 5.96. The number of aromatic nitrogens is 3. The molecule has 3 rings (SSSR count). The Balaban J connectivity index is 1.70. The zero-order valence-electron chi connectivity index (χ0n) is 11.1. The molecule has 1 aliphatic heterocycles. The Hall–Kier alpha value is -1.82. The molecule has 3 heterocycles. The van der Waals surface area contributed by atoms with Gasteiger partial charge in [0.25, 0.3) is 0 Å². The SMILES string of the molecule is Cn1cnc2cc(Cl)nc(OCC[C@H]3CNC(=O)C3)c21. The van der Waals surface area contributed by atoms with E-state index >= 15 is 0 Å². The molecule has 0 spiro atoms. The first-order valence-electron chi connectivity index (χ1n) is 6.50. The zero-order chi connectivity index (χ0) is 14.1. The first-order valence-corrected chi connectivity index (χ1v) is 6.88. The van der Waals surface area contributed by atoms with Gasteiger partial charge in [-0.15, -0.1) is 0 Å². The molecule has 0 unspecified atom stereocenters. The number of imidazole rings is 1. The van der Waals surface area contributed by atoms with Gasteiger partial charge in [-0.2, -0.15) is 4.98 Å². The summed E-state index contributed by atoms with van der Waals surface area (Å²) in [7, 11) is 1.89. The maximum absolute atomic E-state index is 11.1. The molecule has 1 N–H and O–H groups in total. The molecule has 0 aromatic carbocycles. The van der Waals surface area contributed by atoms with Gasteiger partial charge in [0.15, 0.2) is 0 Å². The lowest BCUT2D eigenvalue weighted by molar-refractivity contribution is -0.119. The smallest absolute Gasteiger partial charge is 0.241 e. The minimum atomic E-state index is 0.116. The van der Waals surface area contributed by atoms with Crippen molar-refractivity contribution < 1.29 is 9.53 Å². The molecule has 0 radical (unpaired) electrons. The molecule has 1 saturated heterocycles.